The van der Waals surface area contributed by atoms with Gasteiger partial charge in [-0.15, -0.1) is 0 Å². The molecule has 0 amide bonds. The van der Waals surface area contributed by atoms with Crippen molar-refractivity contribution in [2.45, 2.75) is 18.8 Å². The summed E-state index contributed by atoms with van der Waals surface area (Å²) in [7, 11) is 1.61. The normalized spacial score (nSPS) is 14.3. The minimum absolute atomic E-state index is 0.00502. The minimum Gasteiger partial charge on any atom is -0.507 e. The number of carbonyl (C=O) groups excluding carboxylic acids is 1. The van der Waals surface area contributed by atoms with Gasteiger partial charge in [0, 0.05) is 29.5 Å². The van der Waals surface area contributed by atoms with Gasteiger partial charge in [0.1, 0.15) is 34.0 Å². The standard InChI is InChI=1S/C33H26O10/c1-40-20-8-5-17(6-9-20)11-12-41-21-4-2-3-18(13-21)22-15-27(37)42-26-16-25(36)29-30(38)31(39)32(43-33(29)28(22)26)19-7-10-23(34)24(35)14-19/h2-10,13-14,16,22,34-36,39H,11-12,15H2,1H3/t22-/m1/s1. The molecule has 218 valence electrons. The number of rotatable bonds is 7. The van der Waals surface area contributed by atoms with E-state index in [1.807, 2.05) is 24.3 Å². The Hall–Kier alpha value is -5.64. The van der Waals surface area contributed by atoms with E-state index < -0.39 is 40.3 Å². The van der Waals surface area contributed by atoms with Crippen LogP contribution in [0, 0.1) is 0 Å². The molecule has 6 rings (SSSR count). The predicted molar refractivity (Wildman–Crippen MR) is 155 cm³/mol. The summed E-state index contributed by atoms with van der Waals surface area (Å²) in [5, 5.41) is 40.9. The maximum atomic E-state index is 13.3. The van der Waals surface area contributed by atoms with E-state index in [1.54, 1.807) is 31.4 Å². The summed E-state index contributed by atoms with van der Waals surface area (Å²) >= 11 is 0. The maximum absolute atomic E-state index is 13.3. The van der Waals surface area contributed by atoms with E-state index in [0.717, 1.165) is 23.4 Å². The quantitative estimate of drug-likeness (QED) is 0.112. The van der Waals surface area contributed by atoms with Gasteiger partial charge in [-0.3, -0.25) is 9.59 Å². The lowest BCUT2D eigenvalue weighted by Gasteiger charge is -2.26. The molecule has 0 fully saturated rings. The van der Waals surface area contributed by atoms with Gasteiger partial charge in [-0.25, -0.2) is 0 Å². The molecule has 0 radical (unpaired) electrons. The first kappa shape index (κ1) is 27.5. The van der Waals surface area contributed by atoms with E-state index in [-0.39, 0.29) is 34.5 Å². The monoisotopic (exact) mass is 582 g/mol. The molecule has 4 N–H and O–H groups in total. The first-order chi connectivity index (χ1) is 20.7. The minimum atomic E-state index is -0.921. The van der Waals surface area contributed by atoms with Gasteiger partial charge in [0.25, 0.3) is 0 Å². The third-order valence-corrected chi connectivity index (χ3v) is 7.38. The van der Waals surface area contributed by atoms with Gasteiger partial charge in [0.2, 0.25) is 11.2 Å². The Morgan fingerprint density at radius 1 is 0.860 bits per heavy atom. The van der Waals surface area contributed by atoms with E-state index in [0.29, 0.717) is 29.9 Å². The van der Waals surface area contributed by atoms with Crippen LogP contribution in [0.3, 0.4) is 0 Å². The van der Waals surface area contributed by atoms with Crippen molar-refractivity contribution in [2.24, 2.45) is 0 Å². The Balaban J connectivity index is 1.40. The van der Waals surface area contributed by atoms with Crippen LogP contribution in [0.15, 0.2) is 82.0 Å². The molecule has 1 atom stereocenters. The van der Waals surface area contributed by atoms with Crippen molar-refractivity contribution < 1.29 is 43.8 Å². The second-order valence-electron chi connectivity index (χ2n) is 10.1. The van der Waals surface area contributed by atoms with Gasteiger partial charge in [-0.2, -0.15) is 0 Å². The smallest absolute Gasteiger partial charge is 0.312 e. The number of benzene rings is 4. The number of phenols is 3. The topological polar surface area (TPSA) is 156 Å². The van der Waals surface area contributed by atoms with E-state index >= 15 is 0 Å². The Bertz CT molecular complexity index is 1920. The van der Waals surface area contributed by atoms with Crippen LogP contribution in [0.1, 0.15) is 29.0 Å². The molecule has 0 spiro atoms. The van der Waals surface area contributed by atoms with Gasteiger partial charge in [-0.05, 0) is 53.6 Å². The van der Waals surface area contributed by atoms with Crippen LogP contribution in [0.5, 0.6) is 40.2 Å². The summed E-state index contributed by atoms with van der Waals surface area (Å²) in [5.41, 5.74) is 1.15. The summed E-state index contributed by atoms with van der Waals surface area (Å²) in [6.07, 6.45) is 0.559. The Morgan fingerprint density at radius 2 is 1.65 bits per heavy atom. The molecule has 4 aromatic carbocycles. The molecule has 5 aromatic rings. The van der Waals surface area contributed by atoms with Gasteiger partial charge < -0.3 is 39.1 Å². The molecule has 10 nitrogen and oxygen atoms in total. The second-order valence-corrected chi connectivity index (χ2v) is 10.1. The van der Waals surface area contributed by atoms with Crippen LogP contribution >= 0.6 is 0 Å². The van der Waals surface area contributed by atoms with Gasteiger partial charge in [0.15, 0.2) is 17.3 Å². The van der Waals surface area contributed by atoms with E-state index in [1.165, 1.54) is 12.1 Å². The van der Waals surface area contributed by atoms with Crippen molar-refractivity contribution >= 4 is 16.9 Å². The van der Waals surface area contributed by atoms with Crippen molar-refractivity contribution in [1.82, 2.24) is 0 Å². The molecule has 0 bridgehead atoms. The Labute approximate surface area is 244 Å². The Kier molecular flexibility index (Phi) is 7.03. The van der Waals surface area contributed by atoms with Crippen LogP contribution < -0.4 is 19.6 Å². The molecular weight excluding hydrogens is 556 g/mol. The highest BCUT2D eigenvalue weighted by Gasteiger charge is 2.34. The molecule has 1 aromatic heterocycles. The van der Waals surface area contributed by atoms with Gasteiger partial charge in [-0.1, -0.05) is 24.3 Å². The number of aromatic hydroxyl groups is 4. The number of ether oxygens (including phenoxy) is 3. The summed E-state index contributed by atoms with van der Waals surface area (Å²) in [6.45, 7) is 0.396. The fourth-order valence-corrected chi connectivity index (χ4v) is 5.23. The van der Waals surface area contributed by atoms with Crippen molar-refractivity contribution in [1.29, 1.82) is 0 Å². The number of hydrogen-bond acceptors (Lipinski definition) is 10. The third-order valence-electron chi connectivity index (χ3n) is 7.38. The lowest BCUT2D eigenvalue weighted by Crippen LogP contribution is -2.22. The van der Waals surface area contributed by atoms with Crippen molar-refractivity contribution in [3.05, 3.63) is 99.7 Å². The molecule has 1 aliphatic rings. The number of fused-ring (bicyclic) bond motifs is 3. The van der Waals surface area contributed by atoms with Gasteiger partial charge in [0.05, 0.1) is 20.1 Å². The summed E-state index contributed by atoms with van der Waals surface area (Å²) in [6, 6.07) is 19.7. The molecule has 43 heavy (non-hydrogen) atoms. The lowest BCUT2D eigenvalue weighted by molar-refractivity contribution is -0.135. The first-order valence-corrected chi connectivity index (χ1v) is 13.4. The zero-order valence-electron chi connectivity index (χ0n) is 22.9. The average Bonchev–Trinajstić information content (AvgIpc) is 3.00. The van der Waals surface area contributed by atoms with Crippen molar-refractivity contribution in [3.63, 3.8) is 0 Å². The number of carbonyl (C=O) groups is 1. The molecule has 0 unspecified atom stereocenters. The van der Waals surface area contributed by atoms with E-state index in [2.05, 4.69) is 0 Å². The van der Waals surface area contributed by atoms with E-state index in [4.69, 9.17) is 18.6 Å². The number of methoxy groups -OCH3 is 1. The first-order valence-electron chi connectivity index (χ1n) is 13.4. The molecule has 0 aliphatic carbocycles. The second kappa shape index (κ2) is 11.0. The van der Waals surface area contributed by atoms with Crippen LogP contribution in [-0.4, -0.2) is 40.1 Å². The molecule has 2 heterocycles. The van der Waals surface area contributed by atoms with Crippen molar-refractivity contribution in [3.8, 4) is 51.6 Å². The zero-order chi connectivity index (χ0) is 30.2. The molecule has 1 aliphatic heterocycles. The molecule has 0 saturated heterocycles. The number of hydrogen-bond donors (Lipinski definition) is 4. The fraction of sp³-hybridized carbons (Fsp3) is 0.152. The van der Waals surface area contributed by atoms with Crippen LogP contribution in [-0.2, 0) is 11.2 Å². The van der Waals surface area contributed by atoms with Crippen molar-refractivity contribution in [2.75, 3.05) is 13.7 Å². The molecule has 10 heteroatoms. The third kappa shape index (κ3) is 5.14. The predicted octanol–water partition coefficient (Wildman–Crippen LogP) is 5.35. The summed E-state index contributed by atoms with van der Waals surface area (Å²) < 4.78 is 22.7. The molecule has 0 saturated carbocycles. The molecular formula is C33H26O10. The van der Waals surface area contributed by atoms with E-state index in [9.17, 15) is 30.0 Å². The van der Waals surface area contributed by atoms with Crippen LogP contribution in [0.4, 0.5) is 0 Å². The number of esters is 1. The fourth-order valence-electron chi connectivity index (χ4n) is 5.23. The SMILES string of the molecule is COc1ccc(CCOc2cccc([C@H]3CC(=O)Oc4cc(O)c5c(=O)c(O)c(-c6ccc(O)c(O)c6)oc5c43)c2)cc1. The summed E-state index contributed by atoms with van der Waals surface area (Å²) in [5.74, 6) is -2.40. The lowest BCUT2D eigenvalue weighted by atomic mass is 9.85. The highest BCUT2D eigenvalue weighted by Crippen LogP contribution is 2.47. The van der Waals surface area contributed by atoms with Crippen LogP contribution in [0.2, 0.25) is 0 Å². The largest absolute Gasteiger partial charge is 0.507 e. The highest BCUT2D eigenvalue weighted by molar-refractivity contribution is 5.94. The zero-order valence-corrected chi connectivity index (χ0v) is 22.9. The van der Waals surface area contributed by atoms with Gasteiger partial charge >= 0.3 is 5.97 Å². The highest BCUT2D eigenvalue weighted by atomic mass is 16.5. The van der Waals surface area contributed by atoms with Crippen LogP contribution in [0.25, 0.3) is 22.3 Å². The summed E-state index contributed by atoms with van der Waals surface area (Å²) in [4.78, 5) is 26.0. The Morgan fingerprint density at radius 3 is 2.40 bits per heavy atom. The average molecular weight is 583 g/mol. The number of phenolic OH excluding ortho intramolecular Hbond substituents is 3. The maximum Gasteiger partial charge on any atom is 0.312 e.